The zero-order valence-corrected chi connectivity index (χ0v) is 19.4. The van der Waals surface area contributed by atoms with Gasteiger partial charge < -0.3 is 5.32 Å². The van der Waals surface area contributed by atoms with Crippen molar-refractivity contribution in [2.75, 3.05) is 0 Å². The lowest BCUT2D eigenvalue weighted by molar-refractivity contribution is 0.0945. The van der Waals surface area contributed by atoms with Crippen LogP contribution in [-0.2, 0) is 12.3 Å². The number of rotatable bonds is 7. The Labute approximate surface area is 195 Å². The van der Waals surface area contributed by atoms with Crippen molar-refractivity contribution in [3.63, 3.8) is 0 Å². The van der Waals surface area contributed by atoms with E-state index in [0.29, 0.717) is 28.8 Å². The molecule has 0 atom stereocenters. The highest BCUT2D eigenvalue weighted by atomic mass is 32.2. The topological polar surface area (TPSA) is 85.6 Å². The number of halogens is 1. The van der Waals surface area contributed by atoms with E-state index in [4.69, 9.17) is 0 Å². The van der Waals surface area contributed by atoms with Crippen LogP contribution in [0.5, 0.6) is 0 Å². The number of hydrogen-bond donors (Lipinski definition) is 1. The molecule has 0 aliphatic rings. The molecular weight excluding hydrogens is 439 g/mol. The van der Waals surface area contributed by atoms with E-state index in [1.807, 2.05) is 51.1 Å². The van der Waals surface area contributed by atoms with Crippen molar-refractivity contribution < 1.29 is 9.18 Å². The van der Waals surface area contributed by atoms with Crippen molar-refractivity contribution in [2.24, 2.45) is 0 Å². The summed E-state index contributed by atoms with van der Waals surface area (Å²) in [6.45, 7) is 6.20. The number of nitrogens with zero attached hydrogens (tertiary/aromatic N) is 5. The molecule has 4 rings (SSSR count). The number of benzene rings is 2. The van der Waals surface area contributed by atoms with E-state index in [-0.39, 0.29) is 17.4 Å². The summed E-state index contributed by atoms with van der Waals surface area (Å²) in [5.41, 5.74) is 5.27. The maximum Gasteiger partial charge on any atom is 0.274 e. The number of nitrogens with one attached hydrogen (secondary N) is 1. The smallest absolute Gasteiger partial charge is 0.274 e. The first-order valence-corrected chi connectivity index (χ1v) is 11.4. The highest BCUT2D eigenvalue weighted by molar-refractivity contribution is 7.98. The molecule has 0 saturated carbocycles. The van der Waals surface area contributed by atoms with Crippen LogP contribution in [0.25, 0.3) is 5.69 Å². The van der Waals surface area contributed by atoms with E-state index in [2.05, 4.69) is 25.6 Å². The number of amides is 1. The summed E-state index contributed by atoms with van der Waals surface area (Å²) >= 11 is 1.39. The van der Waals surface area contributed by atoms with E-state index in [9.17, 15) is 9.18 Å². The van der Waals surface area contributed by atoms with Crippen molar-refractivity contribution in [2.45, 2.75) is 38.2 Å². The van der Waals surface area contributed by atoms with Crippen molar-refractivity contribution in [1.29, 1.82) is 0 Å². The molecule has 0 fully saturated rings. The van der Waals surface area contributed by atoms with Gasteiger partial charge in [0.1, 0.15) is 5.82 Å². The predicted molar refractivity (Wildman–Crippen MR) is 125 cm³/mol. The van der Waals surface area contributed by atoms with Crippen LogP contribution in [0, 0.1) is 26.6 Å². The van der Waals surface area contributed by atoms with E-state index in [1.165, 1.54) is 23.9 Å². The molecule has 0 aliphatic heterocycles. The van der Waals surface area contributed by atoms with Crippen LogP contribution >= 0.6 is 11.8 Å². The first kappa shape index (κ1) is 22.6. The van der Waals surface area contributed by atoms with Crippen LogP contribution in [0.15, 0.2) is 59.8 Å². The van der Waals surface area contributed by atoms with Crippen LogP contribution in [0.3, 0.4) is 0 Å². The van der Waals surface area contributed by atoms with Gasteiger partial charge in [0, 0.05) is 23.7 Å². The van der Waals surface area contributed by atoms with Gasteiger partial charge in [0.15, 0.2) is 10.9 Å². The van der Waals surface area contributed by atoms with Gasteiger partial charge in [-0.25, -0.2) is 19.0 Å². The number of hydrogen-bond acceptors (Lipinski definition) is 6. The second kappa shape index (κ2) is 9.91. The fourth-order valence-electron chi connectivity index (χ4n) is 3.26. The first-order chi connectivity index (χ1) is 15.9. The van der Waals surface area contributed by atoms with Gasteiger partial charge in [-0.05, 0) is 56.7 Å². The Bertz CT molecular complexity index is 1250. The summed E-state index contributed by atoms with van der Waals surface area (Å²) in [4.78, 5) is 21.9. The fraction of sp³-hybridized carbons (Fsp3) is 0.208. The summed E-state index contributed by atoms with van der Waals surface area (Å²) in [5, 5.41) is 11.8. The summed E-state index contributed by atoms with van der Waals surface area (Å²) < 4.78 is 15.0. The molecule has 2 heterocycles. The molecule has 2 aromatic carbocycles. The molecule has 0 spiro atoms. The largest absolute Gasteiger partial charge is 0.347 e. The van der Waals surface area contributed by atoms with E-state index < -0.39 is 0 Å². The Kier molecular flexibility index (Phi) is 6.79. The summed E-state index contributed by atoms with van der Waals surface area (Å²) in [7, 11) is 0. The molecule has 0 radical (unpaired) electrons. The van der Waals surface area contributed by atoms with Crippen LogP contribution in [0.4, 0.5) is 4.39 Å². The zero-order valence-electron chi connectivity index (χ0n) is 18.5. The van der Waals surface area contributed by atoms with Gasteiger partial charge in [-0.15, -0.1) is 5.10 Å². The third-order valence-electron chi connectivity index (χ3n) is 4.92. The van der Waals surface area contributed by atoms with Crippen molar-refractivity contribution in [3.05, 3.63) is 94.3 Å². The maximum atomic E-state index is 13.4. The third-order valence-corrected chi connectivity index (χ3v) is 5.78. The average molecular weight is 463 g/mol. The number of carbonyl (C=O) groups is 1. The van der Waals surface area contributed by atoms with Gasteiger partial charge in [-0.3, -0.25) is 4.79 Å². The molecule has 0 unspecified atom stereocenters. The number of carbonyl (C=O) groups excluding carboxylic acids is 1. The molecule has 0 saturated heterocycles. The molecule has 9 heteroatoms. The van der Waals surface area contributed by atoms with Crippen LogP contribution in [0.2, 0.25) is 0 Å². The second-order valence-corrected chi connectivity index (χ2v) is 8.61. The standard InChI is InChI=1S/C24H23FN6OS/c1-15-4-6-18(7-5-15)13-26-23(32)22-21(14-33-24-27-16(2)12-17(3)28-24)31(30-29-22)20-10-8-19(25)9-11-20/h4-12H,13-14H2,1-3H3,(H,26,32). The van der Waals surface area contributed by atoms with Crippen LogP contribution in [0.1, 0.15) is 38.7 Å². The molecular formula is C24H23FN6OS. The highest BCUT2D eigenvalue weighted by Crippen LogP contribution is 2.24. The lowest BCUT2D eigenvalue weighted by Crippen LogP contribution is -2.24. The minimum atomic E-state index is -0.352. The number of aryl methyl sites for hydroxylation is 3. The van der Waals surface area contributed by atoms with Gasteiger partial charge in [-0.2, -0.15) is 0 Å². The third kappa shape index (κ3) is 5.61. The lowest BCUT2D eigenvalue weighted by Gasteiger charge is -2.09. The molecule has 4 aromatic rings. The normalized spacial score (nSPS) is 10.9. The Hall–Kier alpha value is -3.59. The Morgan fingerprint density at radius 2 is 1.67 bits per heavy atom. The Balaban J connectivity index is 1.60. The van der Waals surface area contributed by atoms with Gasteiger partial charge in [0.2, 0.25) is 0 Å². The summed E-state index contributed by atoms with van der Waals surface area (Å²) in [6.07, 6.45) is 0. The molecule has 0 aliphatic carbocycles. The molecule has 33 heavy (non-hydrogen) atoms. The minimum Gasteiger partial charge on any atom is -0.347 e. The monoisotopic (exact) mass is 462 g/mol. The number of thioether (sulfide) groups is 1. The number of aromatic nitrogens is 5. The first-order valence-electron chi connectivity index (χ1n) is 10.4. The van der Waals surface area contributed by atoms with Crippen molar-refractivity contribution >= 4 is 17.7 Å². The molecule has 1 amide bonds. The van der Waals surface area contributed by atoms with Crippen molar-refractivity contribution in [3.8, 4) is 5.69 Å². The Morgan fingerprint density at radius 3 is 2.33 bits per heavy atom. The average Bonchev–Trinajstić information content (AvgIpc) is 3.21. The SMILES string of the molecule is Cc1ccc(CNC(=O)c2nnn(-c3ccc(F)cc3)c2CSc2nc(C)cc(C)n2)cc1. The molecule has 168 valence electrons. The molecule has 7 nitrogen and oxygen atoms in total. The van der Waals surface area contributed by atoms with Crippen LogP contribution < -0.4 is 5.32 Å². The van der Waals surface area contributed by atoms with E-state index >= 15 is 0 Å². The van der Waals surface area contributed by atoms with E-state index in [1.54, 1.807) is 16.8 Å². The summed E-state index contributed by atoms with van der Waals surface area (Å²) in [5.74, 6) is -0.323. The quantitative estimate of drug-likeness (QED) is 0.325. The minimum absolute atomic E-state index is 0.211. The molecule has 2 aromatic heterocycles. The summed E-state index contributed by atoms with van der Waals surface area (Å²) in [6, 6.07) is 15.7. The fourth-order valence-corrected chi connectivity index (χ4v) is 4.20. The van der Waals surface area contributed by atoms with Crippen molar-refractivity contribution in [1.82, 2.24) is 30.3 Å². The van der Waals surface area contributed by atoms with Gasteiger partial charge in [0.05, 0.1) is 11.4 Å². The second-order valence-electron chi connectivity index (χ2n) is 7.66. The zero-order chi connectivity index (χ0) is 23.4. The van der Waals surface area contributed by atoms with Gasteiger partial charge in [0.25, 0.3) is 5.91 Å². The highest BCUT2D eigenvalue weighted by Gasteiger charge is 2.21. The van der Waals surface area contributed by atoms with Crippen LogP contribution in [-0.4, -0.2) is 30.9 Å². The van der Waals surface area contributed by atoms with Gasteiger partial charge >= 0.3 is 0 Å². The Morgan fingerprint density at radius 1 is 1.00 bits per heavy atom. The molecule has 0 bridgehead atoms. The lowest BCUT2D eigenvalue weighted by atomic mass is 10.1. The molecule has 1 N–H and O–H groups in total. The maximum absolute atomic E-state index is 13.4. The van der Waals surface area contributed by atoms with Gasteiger partial charge in [-0.1, -0.05) is 46.8 Å². The van der Waals surface area contributed by atoms with E-state index in [0.717, 1.165) is 22.5 Å². The predicted octanol–water partition coefficient (Wildman–Crippen LogP) is 4.34.